The third kappa shape index (κ3) is 3.74. The van der Waals surface area contributed by atoms with Gasteiger partial charge in [-0.15, -0.1) is 0 Å². The molecule has 1 heterocycles. The number of benzene rings is 2. The minimum Gasteiger partial charge on any atom is -0.387 e. The largest absolute Gasteiger partial charge is 0.387 e. The lowest BCUT2D eigenvalue weighted by Gasteiger charge is -2.37. The second kappa shape index (κ2) is 7.88. The van der Waals surface area contributed by atoms with Crippen LogP contribution in [0.2, 0.25) is 0 Å². The Kier molecular flexibility index (Phi) is 5.31. The molecule has 0 bridgehead atoms. The highest BCUT2D eigenvalue weighted by Gasteiger charge is 2.50. The fourth-order valence-corrected chi connectivity index (χ4v) is 4.94. The Morgan fingerprint density at radius 2 is 1.75 bits per heavy atom. The molecule has 4 heteroatoms. The molecule has 1 aromatic heterocycles. The minimum absolute atomic E-state index is 0.228. The predicted molar refractivity (Wildman–Crippen MR) is 112 cm³/mol. The molecule has 0 aliphatic heterocycles. The van der Waals surface area contributed by atoms with Gasteiger partial charge in [0.15, 0.2) is 0 Å². The fourth-order valence-electron chi connectivity index (χ4n) is 4.94. The molecule has 2 aromatic carbocycles. The first-order chi connectivity index (χ1) is 13.6. The first-order valence-electron chi connectivity index (χ1n) is 10.3. The van der Waals surface area contributed by atoms with E-state index in [9.17, 15) is 5.11 Å². The minimum atomic E-state index is -0.750. The van der Waals surface area contributed by atoms with Gasteiger partial charge in [-0.05, 0) is 53.7 Å². The molecule has 1 N–H and O–H groups in total. The molecule has 146 valence electrons. The topological polar surface area (TPSA) is 50.9 Å². The van der Waals surface area contributed by atoms with E-state index in [1.807, 2.05) is 6.07 Å². The lowest BCUT2D eigenvalue weighted by atomic mass is 9.76. The zero-order valence-corrected chi connectivity index (χ0v) is 16.7. The van der Waals surface area contributed by atoms with Gasteiger partial charge in [0, 0.05) is 0 Å². The Bertz CT molecular complexity index is 874. The van der Waals surface area contributed by atoms with Gasteiger partial charge < -0.3 is 5.11 Å². The number of aliphatic hydroxyl groups is 1. The summed E-state index contributed by atoms with van der Waals surface area (Å²) in [5, 5.41) is 16.0. The summed E-state index contributed by atoms with van der Waals surface area (Å²) >= 11 is 0. The molecular weight excluding hydrogens is 346 g/mol. The highest BCUT2D eigenvalue weighted by molar-refractivity contribution is 5.63. The molecule has 28 heavy (non-hydrogen) atoms. The molecule has 4 rings (SSSR count). The number of nitrogens with zero attached hydrogens (tertiary/aromatic N) is 3. The van der Waals surface area contributed by atoms with Gasteiger partial charge in [0.25, 0.3) is 0 Å². The van der Waals surface area contributed by atoms with Crippen molar-refractivity contribution in [2.75, 3.05) is 0 Å². The maximum atomic E-state index is 11.8. The molecule has 4 nitrogen and oxygen atoms in total. The quantitative estimate of drug-likeness (QED) is 0.685. The zero-order valence-electron chi connectivity index (χ0n) is 16.7. The van der Waals surface area contributed by atoms with Gasteiger partial charge in [0.2, 0.25) is 0 Å². The Balaban J connectivity index is 1.54. The Morgan fingerprint density at radius 1 is 1.04 bits per heavy atom. The number of hydrogen-bond acceptors (Lipinski definition) is 3. The SMILES string of the molecule is CC(C)C1CCC(Cc2ccc(-c3ccccc3)cc2)C1(O)Cn1cncn1. The smallest absolute Gasteiger partial charge is 0.137 e. The van der Waals surface area contributed by atoms with Crippen LogP contribution in [0.25, 0.3) is 11.1 Å². The summed E-state index contributed by atoms with van der Waals surface area (Å²) in [4.78, 5) is 4.05. The summed E-state index contributed by atoms with van der Waals surface area (Å²) in [5.74, 6) is 0.955. The maximum Gasteiger partial charge on any atom is 0.137 e. The van der Waals surface area contributed by atoms with Crippen LogP contribution in [0.3, 0.4) is 0 Å². The van der Waals surface area contributed by atoms with E-state index >= 15 is 0 Å². The van der Waals surface area contributed by atoms with Gasteiger partial charge in [-0.3, -0.25) is 4.68 Å². The van der Waals surface area contributed by atoms with Crippen molar-refractivity contribution < 1.29 is 5.11 Å². The van der Waals surface area contributed by atoms with Crippen LogP contribution in [-0.4, -0.2) is 25.5 Å². The molecular formula is C24H29N3O. The standard InChI is InChI=1S/C24H29N3O/c1-18(2)23-13-12-22(24(23,28)15-27-17-25-16-26-27)14-19-8-10-21(11-9-19)20-6-4-3-5-7-20/h3-11,16-18,22-23,28H,12-15H2,1-2H3. The lowest BCUT2D eigenvalue weighted by molar-refractivity contribution is -0.0667. The molecule has 0 spiro atoms. The molecule has 3 unspecified atom stereocenters. The molecule has 0 amide bonds. The van der Waals surface area contributed by atoms with E-state index in [1.165, 1.54) is 16.7 Å². The Morgan fingerprint density at radius 3 is 2.39 bits per heavy atom. The molecule has 1 aliphatic rings. The normalized spacial score (nSPS) is 24.7. The first-order valence-corrected chi connectivity index (χ1v) is 10.3. The highest BCUT2D eigenvalue weighted by Crippen LogP contribution is 2.46. The summed E-state index contributed by atoms with van der Waals surface area (Å²) in [6.45, 7) is 4.95. The average Bonchev–Trinajstić information content (AvgIpc) is 3.31. The maximum absolute atomic E-state index is 11.8. The van der Waals surface area contributed by atoms with Gasteiger partial charge in [-0.2, -0.15) is 5.10 Å². The molecule has 1 saturated carbocycles. The van der Waals surface area contributed by atoms with E-state index in [-0.39, 0.29) is 11.8 Å². The lowest BCUT2D eigenvalue weighted by Crippen LogP contribution is -2.46. The number of rotatable bonds is 6. The van der Waals surface area contributed by atoms with Crippen LogP contribution in [0.4, 0.5) is 0 Å². The van der Waals surface area contributed by atoms with Crippen LogP contribution in [0.15, 0.2) is 67.3 Å². The van der Waals surface area contributed by atoms with E-state index < -0.39 is 5.60 Å². The summed E-state index contributed by atoms with van der Waals surface area (Å²) in [6, 6.07) is 19.2. The van der Waals surface area contributed by atoms with Gasteiger partial charge >= 0.3 is 0 Å². The fraction of sp³-hybridized carbons (Fsp3) is 0.417. The summed E-state index contributed by atoms with van der Waals surface area (Å²) < 4.78 is 1.78. The van der Waals surface area contributed by atoms with Crippen LogP contribution in [0.5, 0.6) is 0 Å². The van der Waals surface area contributed by atoms with Gasteiger partial charge in [-0.25, -0.2) is 4.98 Å². The van der Waals surface area contributed by atoms with Crippen molar-refractivity contribution in [3.05, 3.63) is 72.8 Å². The van der Waals surface area contributed by atoms with Crippen molar-refractivity contribution in [3.8, 4) is 11.1 Å². The second-order valence-electron chi connectivity index (χ2n) is 8.48. The highest BCUT2D eigenvalue weighted by atomic mass is 16.3. The van der Waals surface area contributed by atoms with Crippen molar-refractivity contribution in [2.45, 2.75) is 45.3 Å². The van der Waals surface area contributed by atoms with E-state index in [1.54, 1.807) is 17.3 Å². The van der Waals surface area contributed by atoms with Crippen LogP contribution in [0, 0.1) is 17.8 Å². The van der Waals surface area contributed by atoms with Crippen molar-refractivity contribution >= 4 is 0 Å². The molecule has 1 fully saturated rings. The molecule has 3 atom stereocenters. The Hall–Kier alpha value is -2.46. The van der Waals surface area contributed by atoms with E-state index in [2.05, 4.69) is 72.5 Å². The molecule has 1 aliphatic carbocycles. The third-order valence-electron chi connectivity index (χ3n) is 6.40. The van der Waals surface area contributed by atoms with E-state index in [4.69, 9.17) is 0 Å². The van der Waals surface area contributed by atoms with Crippen molar-refractivity contribution in [1.29, 1.82) is 0 Å². The van der Waals surface area contributed by atoms with Crippen molar-refractivity contribution in [3.63, 3.8) is 0 Å². The summed E-state index contributed by atoms with van der Waals surface area (Å²) in [5.41, 5.74) is 3.00. The molecule has 3 aromatic rings. The summed E-state index contributed by atoms with van der Waals surface area (Å²) in [6.07, 6.45) is 6.26. The number of hydrogen-bond donors (Lipinski definition) is 1. The van der Waals surface area contributed by atoms with Gasteiger partial charge in [0.05, 0.1) is 12.1 Å². The number of aromatic nitrogens is 3. The second-order valence-corrected chi connectivity index (χ2v) is 8.48. The van der Waals surface area contributed by atoms with Gasteiger partial charge in [-0.1, -0.05) is 68.4 Å². The molecule has 0 radical (unpaired) electrons. The first kappa shape index (κ1) is 18.9. The van der Waals surface area contributed by atoms with Crippen LogP contribution in [0.1, 0.15) is 32.3 Å². The zero-order chi connectivity index (χ0) is 19.6. The monoisotopic (exact) mass is 375 g/mol. The van der Waals surface area contributed by atoms with Crippen LogP contribution < -0.4 is 0 Å². The Labute approximate surface area is 167 Å². The van der Waals surface area contributed by atoms with Crippen LogP contribution >= 0.6 is 0 Å². The molecule has 0 saturated heterocycles. The third-order valence-corrected chi connectivity index (χ3v) is 6.40. The summed E-state index contributed by atoms with van der Waals surface area (Å²) in [7, 11) is 0. The van der Waals surface area contributed by atoms with E-state index in [0.717, 1.165) is 19.3 Å². The van der Waals surface area contributed by atoms with Crippen molar-refractivity contribution in [1.82, 2.24) is 14.8 Å². The van der Waals surface area contributed by atoms with Crippen LogP contribution in [-0.2, 0) is 13.0 Å². The predicted octanol–water partition coefficient (Wildman–Crippen LogP) is 4.60. The van der Waals surface area contributed by atoms with Gasteiger partial charge in [0.1, 0.15) is 12.7 Å². The average molecular weight is 376 g/mol. The van der Waals surface area contributed by atoms with E-state index in [0.29, 0.717) is 12.5 Å². The van der Waals surface area contributed by atoms with Crippen molar-refractivity contribution in [2.24, 2.45) is 17.8 Å².